The Morgan fingerprint density at radius 3 is 2.70 bits per heavy atom. The number of nitrogens with one attached hydrogen (secondary N) is 1. The van der Waals surface area contributed by atoms with Gasteiger partial charge in [0.25, 0.3) is 5.91 Å². The lowest BCUT2D eigenvalue weighted by Crippen LogP contribution is -2.19. The van der Waals surface area contributed by atoms with E-state index < -0.39 is 0 Å². The number of hydrazone groups is 1. The van der Waals surface area contributed by atoms with Gasteiger partial charge in [0.05, 0.1) is 12.0 Å². The standard InChI is InChI=1S/C18H15Br2N5OS/c1-25-17(13-3-2-4-15(20)9-13)23-24-18(25)27-11-16(26)22-21-10-12-5-7-14(19)8-6-12/h2-10H,11H2,1H3,(H,22,26)/b21-10-. The SMILES string of the molecule is Cn1c(SCC(=O)N/N=C\c2ccc(Br)cc2)nnc1-c1cccc(Br)c1. The fraction of sp³-hybridized carbons (Fsp3) is 0.111. The molecule has 3 rings (SSSR count). The van der Waals surface area contributed by atoms with Crippen LogP contribution in [-0.2, 0) is 11.8 Å². The lowest BCUT2D eigenvalue weighted by atomic mass is 10.2. The van der Waals surface area contributed by atoms with Gasteiger partial charge in [-0.25, -0.2) is 5.43 Å². The van der Waals surface area contributed by atoms with Crippen molar-refractivity contribution in [2.75, 3.05) is 5.75 Å². The largest absolute Gasteiger partial charge is 0.305 e. The van der Waals surface area contributed by atoms with Crippen LogP contribution in [0.25, 0.3) is 11.4 Å². The first-order valence-electron chi connectivity index (χ1n) is 7.88. The summed E-state index contributed by atoms with van der Waals surface area (Å²) in [4.78, 5) is 12.0. The highest BCUT2D eigenvalue weighted by atomic mass is 79.9. The Hall–Kier alpha value is -1.97. The third kappa shape index (κ3) is 5.50. The zero-order valence-electron chi connectivity index (χ0n) is 14.3. The number of halogens is 2. The first-order chi connectivity index (χ1) is 13.0. The van der Waals surface area contributed by atoms with E-state index in [4.69, 9.17) is 0 Å². The van der Waals surface area contributed by atoms with Crippen LogP contribution in [0.5, 0.6) is 0 Å². The number of nitrogens with zero attached hydrogens (tertiary/aromatic N) is 4. The van der Waals surface area contributed by atoms with Gasteiger partial charge in [0, 0.05) is 21.6 Å². The van der Waals surface area contributed by atoms with Crippen LogP contribution in [0.1, 0.15) is 5.56 Å². The van der Waals surface area contributed by atoms with Gasteiger partial charge in [-0.3, -0.25) is 4.79 Å². The molecule has 9 heteroatoms. The molecule has 0 bridgehead atoms. The third-order valence-corrected chi connectivity index (χ3v) is 5.57. The lowest BCUT2D eigenvalue weighted by Gasteiger charge is -2.04. The fourth-order valence-electron chi connectivity index (χ4n) is 2.21. The molecule has 1 heterocycles. The van der Waals surface area contributed by atoms with Gasteiger partial charge in [0.2, 0.25) is 0 Å². The van der Waals surface area contributed by atoms with Crippen molar-refractivity contribution in [1.82, 2.24) is 20.2 Å². The van der Waals surface area contributed by atoms with E-state index in [2.05, 4.69) is 52.6 Å². The molecule has 3 aromatic rings. The third-order valence-electron chi connectivity index (χ3n) is 3.52. The number of carbonyl (C=O) groups is 1. The average Bonchev–Trinajstić information content (AvgIpc) is 3.02. The first-order valence-corrected chi connectivity index (χ1v) is 10.5. The van der Waals surface area contributed by atoms with Crippen molar-refractivity contribution < 1.29 is 4.79 Å². The van der Waals surface area contributed by atoms with Gasteiger partial charge < -0.3 is 4.57 Å². The van der Waals surface area contributed by atoms with Gasteiger partial charge in [-0.1, -0.05) is 67.9 Å². The Morgan fingerprint density at radius 1 is 1.19 bits per heavy atom. The molecule has 2 aromatic carbocycles. The molecule has 0 fully saturated rings. The summed E-state index contributed by atoms with van der Waals surface area (Å²) >= 11 is 8.14. The second-order valence-electron chi connectivity index (χ2n) is 5.51. The minimum absolute atomic E-state index is 0.197. The van der Waals surface area contributed by atoms with E-state index in [1.54, 1.807) is 6.21 Å². The normalized spacial score (nSPS) is 11.1. The maximum Gasteiger partial charge on any atom is 0.250 e. The van der Waals surface area contributed by atoms with Gasteiger partial charge in [0.15, 0.2) is 11.0 Å². The maximum absolute atomic E-state index is 12.0. The Morgan fingerprint density at radius 2 is 1.96 bits per heavy atom. The van der Waals surface area contributed by atoms with Crippen molar-refractivity contribution in [3.8, 4) is 11.4 Å². The molecule has 6 nitrogen and oxygen atoms in total. The summed E-state index contributed by atoms with van der Waals surface area (Å²) < 4.78 is 3.83. The van der Waals surface area contributed by atoms with E-state index >= 15 is 0 Å². The second kappa shape index (κ2) is 9.29. The molecule has 0 saturated heterocycles. The summed E-state index contributed by atoms with van der Waals surface area (Å²) in [6.45, 7) is 0. The molecule has 138 valence electrons. The van der Waals surface area contributed by atoms with E-state index in [-0.39, 0.29) is 11.7 Å². The van der Waals surface area contributed by atoms with E-state index in [0.29, 0.717) is 5.16 Å². The number of carbonyl (C=O) groups excluding carboxylic acids is 1. The monoisotopic (exact) mass is 507 g/mol. The van der Waals surface area contributed by atoms with Crippen molar-refractivity contribution in [3.63, 3.8) is 0 Å². The molecule has 0 aliphatic heterocycles. The maximum atomic E-state index is 12.0. The minimum Gasteiger partial charge on any atom is -0.305 e. The Labute approximate surface area is 177 Å². The van der Waals surface area contributed by atoms with E-state index in [1.807, 2.05) is 60.1 Å². The van der Waals surface area contributed by atoms with E-state index in [9.17, 15) is 4.79 Å². The van der Waals surface area contributed by atoms with Gasteiger partial charge >= 0.3 is 0 Å². The summed E-state index contributed by atoms with van der Waals surface area (Å²) in [5.74, 6) is 0.732. The highest BCUT2D eigenvalue weighted by molar-refractivity contribution is 9.10. The predicted molar refractivity (Wildman–Crippen MR) is 115 cm³/mol. The second-order valence-corrected chi connectivity index (χ2v) is 8.28. The predicted octanol–water partition coefficient (Wildman–Crippen LogP) is 4.25. The molecule has 1 amide bonds. The zero-order valence-corrected chi connectivity index (χ0v) is 18.3. The van der Waals surface area contributed by atoms with Crippen LogP contribution in [0, 0.1) is 0 Å². The molecule has 0 aliphatic carbocycles. The lowest BCUT2D eigenvalue weighted by molar-refractivity contribution is -0.118. The zero-order chi connectivity index (χ0) is 19.2. The van der Waals surface area contributed by atoms with Crippen molar-refractivity contribution in [1.29, 1.82) is 0 Å². The van der Waals surface area contributed by atoms with Crippen LogP contribution in [0.15, 0.2) is 67.7 Å². The Bertz CT molecular complexity index is 972. The van der Waals surface area contributed by atoms with Crippen LogP contribution in [0.3, 0.4) is 0 Å². The number of hydrogen-bond acceptors (Lipinski definition) is 5. The van der Waals surface area contributed by atoms with Crippen LogP contribution >= 0.6 is 43.6 Å². The van der Waals surface area contributed by atoms with Gasteiger partial charge in [-0.15, -0.1) is 10.2 Å². The number of thioether (sulfide) groups is 1. The van der Waals surface area contributed by atoms with Crippen molar-refractivity contribution in [3.05, 3.63) is 63.0 Å². The summed E-state index contributed by atoms with van der Waals surface area (Å²) in [6, 6.07) is 15.5. The van der Waals surface area contributed by atoms with Gasteiger partial charge in [-0.2, -0.15) is 5.10 Å². The number of hydrogen-bond donors (Lipinski definition) is 1. The van der Waals surface area contributed by atoms with Gasteiger partial charge in [0.1, 0.15) is 0 Å². The highest BCUT2D eigenvalue weighted by Crippen LogP contribution is 2.24. The number of rotatable bonds is 6. The van der Waals surface area contributed by atoms with Crippen molar-refractivity contribution >= 4 is 55.7 Å². The van der Waals surface area contributed by atoms with E-state index in [1.165, 1.54) is 11.8 Å². The molecule has 0 aliphatic rings. The quantitative estimate of drug-likeness (QED) is 0.307. The summed E-state index contributed by atoms with van der Waals surface area (Å²) in [7, 11) is 1.88. The molecular formula is C18H15Br2N5OS. The van der Waals surface area contributed by atoms with Gasteiger partial charge in [-0.05, 0) is 29.8 Å². The smallest absolute Gasteiger partial charge is 0.250 e. The summed E-state index contributed by atoms with van der Waals surface area (Å²) in [6.07, 6.45) is 1.60. The van der Waals surface area contributed by atoms with Crippen LogP contribution in [0.4, 0.5) is 0 Å². The summed E-state index contributed by atoms with van der Waals surface area (Å²) in [5.41, 5.74) is 4.37. The number of benzene rings is 2. The molecule has 1 N–H and O–H groups in total. The molecule has 0 unspecified atom stereocenters. The topological polar surface area (TPSA) is 72.2 Å². The molecule has 27 heavy (non-hydrogen) atoms. The minimum atomic E-state index is -0.208. The van der Waals surface area contributed by atoms with E-state index in [0.717, 1.165) is 25.9 Å². The number of aromatic nitrogens is 3. The first kappa shape index (κ1) is 19.8. The Balaban J connectivity index is 1.55. The molecular weight excluding hydrogens is 494 g/mol. The molecule has 0 spiro atoms. The highest BCUT2D eigenvalue weighted by Gasteiger charge is 2.13. The fourth-order valence-corrected chi connectivity index (χ4v) is 3.58. The molecule has 1 aromatic heterocycles. The number of amides is 1. The van der Waals surface area contributed by atoms with Crippen LogP contribution in [0.2, 0.25) is 0 Å². The average molecular weight is 509 g/mol. The molecule has 0 radical (unpaired) electrons. The van der Waals surface area contributed by atoms with Crippen LogP contribution in [-0.4, -0.2) is 32.6 Å². The summed E-state index contributed by atoms with van der Waals surface area (Å²) in [5, 5.41) is 13.0. The van der Waals surface area contributed by atoms with Crippen molar-refractivity contribution in [2.24, 2.45) is 12.1 Å². The molecule has 0 saturated carbocycles. The van der Waals surface area contributed by atoms with Crippen molar-refractivity contribution in [2.45, 2.75) is 5.16 Å². The molecule has 0 atom stereocenters. The Kier molecular flexibility index (Phi) is 6.81. The van der Waals surface area contributed by atoms with Crippen LogP contribution < -0.4 is 5.43 Å².